The largest absolute Gasteiger partial charge is 0.493 e. The maximum atomic E-state index is 13.4. The summed E-state index contributed by atoms with van der Waals surface area (Å²) in [5.41, 5.74) is 3.71. The van der Waals surface area contributed by atoms with Crippen molar-refractivity contribution in [1.29, 1.82) is 0 Å². The predicted octanol–water partition coefficient (Wildman–Crippen LogP) is 6.58. The van der Waals surface area contributed by atoms with Crippen molar-refractivity contribution < 1.29 is 14.3 Å². The molecule has 190 valence electrons. The van der Waals surface area contributed by atoms with E-state index >= 15 is 0 Å². The van der Waals surface area contributed by atoms with Crippen LogP contribution in [0.25, 0.3) is 0 Å². The molecular weight excluding hydrogens is 472 g/mol. The van der Waals surface area contributed by atoms with Crippen LogP contribution in [0, 0.1) is 0 Å². The third kappa shape index (κ3) is 6.14. The minimum Gasteiger partial charge on any atom is -0.493 e. The maximum Gasteiger partial charge on any atom is 0.253 e. The number of carbonyl (C=O) groups excluding carboxylic acids is 1. The van der Waals surface area contributed by atoms with Crippen LogP contribution in [0.4, 0.5) is 5.69 Å². The number of hydrogen-bond acceptors (Lipinski definition) is 4. The molecule has 0 atom stereocenters. The monoisotopic (exact) mass is 506 g/mol. The standard InChI is InChI=1S/C30H35ClN2O3/c1-5-35-27-14-13-22(19-23(27)21-36-28-12-7-6-11-26(28)30(2,3)4)29(34)33-17-15-32(16-18-33)25-10-8-9-24(31)20-25/h6-14,19-20H,5,15-18,21H2,1-4H3. The Morgan fingerprint density at radius 3 is 2.33 bits per heavy atom. The fraction of sp³-hybridized carbons (Fsp3) is 0.367. The summed E-state index contributed by atoms with van der Waals surface area (Å²) >= 11 is 6.16. The fourth-order valence-electron chi connectivity index (χ4n) is 4.51. The van der Waals surface area contributed by atoms with Gasteiger partial charge in [-0.2, -0.15) is 0 Å². The Balaban J connectivity index is 1.47. The lowest BCUT2D eigenvalue weighted by molar-refractivity contribution is 0.0746. The number of halogens is 1. The number of nitrogens with zero attached hydrogens (tertiary/aromatic N) is 2. The van der Waals surface area contributed by atoms with Crippen molar-refractivity contribution in [1.82, 2.24) is 4.90 Å². The second kappa shape index (κ2) is 11.3. The third-order valence-corrected chi connectivity index (χ3v) is 6.66. The van der Waals surface area contributed by atoms with Gasteiger partial charge in [-0.15, -0.1) is 0 Å². The molecule has 0 spiro atoms. The summed E-state index contributed by atoms with van der Waals surface area (Å²) < 4.78 is 12.1. The van der Waals surface area contributed by atoms with Gasteiger partial charge < -0.3 is 19.3 Å². The first-order chi connectivity index (χ1) is 17.3. The number of amides is 1. The maximum absolute atomic E-state index is 13.4. The van der Waals surface area contributed by atoms with E-state index in [2.05, 4.69) is 37.8 Å². The molecule has 0 saturated carbocycles. The third-order valence-electron chi connectivity index (χ3n) is 6.43. The van der Waals surface area contributed by atoms with Gasteiger partial charge in [-0.1, -0.05) is 56.6 Å². The molecule has 3 aromatic carbocycles. The summed E-state index contributed by atoms with van der Waals surface area (Å²) in [6.07, 6.45) is 0. The molecule has 1 aliphatic heterocycles. The number of ether oxygens (including phenoxy) is 2. The van der Waals surface area contributed by atoms with Crippen LogP contribution in [0.5, 0.6) is 11.5 Å². The van der Waals surface area contributed by atoms with E-state index in [4.69, 9.17) is 21.1 Å². The molecule has 0 bridgehead atoms. The van der Waals surface area contributed by atoms with Crippen molar-refractivity contribution >= 4 is 23.2 Å². The molecule has 0 aliphatic carbocycles. The Labute approximate surface area is 219 Å². The van der Waals surface area contributed by atoms with Gasteiger partial charge in [-0.3, -0.25) is 4.79 Å². The van der Waals surface area contributed by atoms with Crippen LogP contribution in [0.2, 0.25) is 5.02 Å². The van der Waals surface area contributed by atoms with Gasteiger partial charge in [-0.25, -0.2) is 0 Å². The number of para-hydroxylation sites is 1. The highest BCUT2D eigenvalue weighted by Gasteiger charge is 2.24. The number of benzene rings is 3. The zero-order valence-corrected chi connectivity index (χ0v) is 22.3. The van der Waals surface area contributed by atoms with Gasteiger partial charge >= 0.3 is 0 Å². The number of rotatable bonds is 7. The average molecular weight is 507 g/mol. The summed E-state index contributed by atoms with van der Waals surface area (Å²) in [5, 5.41) is 0.722. The highest BCUT2D eigenvalue weighted by atomic mass is 35.5. The number of hydrogen-bond donors (Lipinski definition) is 0. The molecule has 3 aromatic rings. The number of piperazine rings is 1. The molecular formula is C30H35ClN2O3. The number of anilines is 1. The predicted molar refractivity (Wildman–Crippen MR) is 147 cm³/mol. The van der Waals surface area contributed by atoms with Gasteiger partial charge in [0.1, 0.15) is 18.1 Å². The highest BCUT2D eigenvalue weighted by molar-refractivity contribution is 6.30. The van der Waals surface area contributed by atoms with Gasteiger partial charge in [0.25, 0.3) is 5.91 Å². The Hall–Kier alpha value is -3.18. The van der Waals surface area contributed by atoms with E-state index in [9.17, 15) is 4.79 Å². The first-order valence-electron chi connectivity index (χ1n) is 12.5. The first kappa shape index (κ1) is 25.9. The summed E-state index contributed by atoms with van der Waals surface area (Å²) in [7, 11) is 0. The minimum atomic E-state index is -0.0373. The fourth-order valence-corrected chi connectivity index (χ4v) is 4.70. The molecule has 0 unspecified atom stereocenters. The van der Waals surface area contributed by atoms with Gasteiger partial charge in [0.2, 0.25) is 0 Å². The molecule has 1 fully saturated rings. The molecule has 1 amide bonds. The molecule has 1 saturated heterocycles. The van der Waals surface area contributed by atoms with Crippen LogP contribution < -0.4 is 14.4 Å². The molecule has 0 radical (unpaired) electrons. The van der Waals surface area contributed by atoms with Crippen LogP contribution in [0.3, 0.4) is 0 Å². The van der Waals surface area contributed by atoms with Gasteiger partial charge in [0.05, 0.1) is 6.61 Å². The zero-order valence-electron chi connectivity index (χ0n) is 21.6. The summed E-state index contributed by atoms with van der Waals surface area (Å²) in [4.78, 5) is 17.6. The Morgan fingerprint density at radius 2 is 1.64 bits per heavy atom. The van der Waals surface area contributed by atoms with Crippen molar-refractivity contribution in [3.05, 3.63) is 88.4 Å². The van der Waals surface area contributed by atoms with Gasteiger partial charge in [0, 0.05) is 48.0 Å². The SMILES string of the molecule is CCOc1ccc(C(=O)N2CCN(c3cccc(Cl)c3)CC2)cc1COc1ccccc1C(C)(C)C. The van der Waals surface area contributed by atoms with Crippen molar-refractivity contribution in [2.45, 2.75) is 39.7 Å². The molecule has 0 N–H and O–H groups in total. The first-order valence-corrected chi connectivity index (χ1v) is 12.9. The highest BCUT2D eigenvalue weighted by Crippen LogP contribution is 2.32. The quantitative estimate of drug-likeness (QED) is 0.363. The lowest BCUT2D eigenvalue weighted by atomic mass is 9.86. The molecule has 6 heteroatoms. The van der Waals surface area contributed by atoms with Gasteiger partial charge in [-0.05, 0) is 60.4 Å². The Morgan fingerprint density at radius 1 is 0.889 bits per heavy atom. The topological polar surface area (TPSA) is 42.0 Å². The molecule has 4 rings (SSSR count). The minimum absolute atomic E-state index is 0.0279. The van der Waals surface area contributed by atoms with Crippen LogP contribution in [0.1, 0.15) is 49.2 Å². The van der Waals surface area contributed by atoms with E-state index in [0.717, 1.165) is 46.4 Å². The normalized spacial score (nSPS) is 14.0. The van der Waals surface area contributed by atoms with E-state index in [1.807, 2.05) is 66.4 Å². The van der Waals surface area contributed by atoms with E-state index in [-0.39, 0.29) is 11.3 Å². The Kier molecular flexibility index (Phi) is 8.10. The van der Waals surface area contributed by atoms with E-state index in [0.29, 0.717) is 31.9 Å². The molecule has 1 aliphatic rings. The summed E-state index contributed by atoms with van der Waals surface area (Å²) in [6.45, 7) is 12.2. The van der Waals surface area contributed by atoms with E-state index < -0.39 is 0 Å². The summed E-state index contributed by atoms with van der Waals surface area (Å²) in [6, 6.07) is 21.6. The molecule has 5 nitrogen and oxygen atoms in total. The van der Waals surface area contributed by atoms with Crippen LogP contribution >= 0.6 is 11.6 Å². The molecule has 36 heavy (non-hydrogen) atoms. The second-order valence-electron chi connectivity index (χ2n) is 10.0. The van der Waals surface area contributed by atoms with E-state index in [1.54, 1.807) is 0 Å². The van der Waals surface area contributed by atoms with E-state index in [1.165, 1.54) is 0 Å². The zero-order chi connectivity index (χ0) is 25.7. The van der Waals surface area contributed by atoms with Crippen LogP contribution in [-0.4, -0.2) is 43.6 Å². The smallest absolute Gasteiger partial charge is 0.253 e. The lowest BCUT2D eigenvalue weighted by Crippen LogP contribution is -2.48. The lowest BCUT2D eigenvalue weighted by Gasteiger charge is -2.36. The van der Waals surface area contributed by atoms with Crippen molar-refractivity contribution in [3.63, 3.8) is 0 Å². The van der Waals surface area contributed by atoms with Crippen molar-refractivity contribution in [2.75, 3.05) is 37.7 Å². The molecule has 1 heterocycles. The Bertz CT molecular complexity index is 1200. The molecule has 0 aromatic heterocycles. The van der Waals surface area contributed by atoms with Crippen LogP contribution in [0.15, 0.2) is 66.7 Å². The average Bonchev–Trinajstić information content (AvgIpc) is 2.87. The summed E-state index contributed by atoms with van der Waals surface area (Å²) in [5.74, 6) is 1.62. The van der Waals surface area contributed by atoms with Crippen LogP contribution in [-0.2, 0) is 12.0 Å². The second-order valence-corrected chi connectivity index (χ2v) is 10.5. The van der Waals surface area contributed by atoms with Gasteiger partial charge in [0.15, 0.2) is 0 Å². The number of carbonyl (C=O) groups is 1. The van der Waals surface area contributed by atoms with Crippen molar-refractivity contribution in [3.8, 4) is 11.5 Å². The van der Waals surface area contributed by atoms with Crippen molar-refractivity contribution in [2.24, 2.45) is 0 Å².